The van der Waals surface area contributed by atoms with E-state index >= 15 is 0 Å². The Kier molecular flexibility index (Phi) is 3.31. The zero-order chi connectivity index (χ0) is 10.9. The molecule has 0 unspecified atom stereocenters. The van der Waals surface area contributed by atoms with E-state index in [1.54, 1.807) is 0 Å². The lowest BCUT2D eigenvalue weighted by Gasteiger charge is -2.02. The molecule has 0 saturated heterocycles. The molecule has 0 atom stereocenters. The predicted octanol–water partition coefficient (Wildman–Crippen LogP) is 1.32. The van der Waals surface area contributed by atoms with Gasteiger partial charge in [-0.3, -0.25) is 0 Å². The molecule has 4 nitrogen and oxygen atoms in total. The van der Waals surface area contributed by atoms with Crippen LogP contribution in [0.5, 0.6) is 0 Å². The van der Waals surface area contributed by atoms with Crippen molar-refractivity contribution in [2.45, 2.75) is 5.75 Å². The van der Waals surface area contributed by atoms with Crippen LogP contribution in [-0.2, 0) is 15.8 Å². The summed E-state index contributed by atoms with van der Waals surface area (Å²) >= 11 is 10.8. The van der Waals surface area contributed by atoms with Crippen LogP contribution in [0, 0.1) is 5.82 Å². The van der Waals surface area contributed by atoms with E-state index in [4.69, 9.17) is 28.3 Å². The number of rotatable bonds is 2. The lowest BCUT2D eigenvalue weighted by atomic mass is 10.3. The van der Waals surface area contributed by atoms with Crippen molar-refractivity contribution >= 4 is 33.2 Å². The average molecular weight is 259 g/mol. The Morgan fingerprint density at radius 1 is 1.43 bits per heavy atom. The minimum atomic E-state index is -3.76. The van der Waals surface area contributed by atoms with Gasteiger partial charge >= 0.3 is 0 Å². The fourth-order valence-electron chi connectivity index (χ4n) is 0.801. The molecule has 14 heavy (non-hydrogen) atoms. The smallest absolute Gasteiger partial charge is 0.213 e. The van der Waals surface area contributed by atoms with Gasteiger partial charge in [0.25, 0.3) is 0 Å². The van der Waals surface area contributed by atoms with Gasteiger partial charge in [-0.2, -0.15) is 0 Å². The second kappa shape index (κ2) is 3.98. The summed E-state index contributed by atoms with van der Waals surface area (Å²) < 4.78 is 34.2. The molecule has 8 heteroatoms. The summed E-state index contributed by atoms with van der Waals surface area (Å²) in [7, 11) is -3.76. The first-order valence-corrected chi connectivity index (χ1v) is 5.77. The van der Waals surface area contributed by atoms with Gasteiger partial charge in [0.15, 0.2) is 11.0 Å². The van der Waals surface area contributed by atoms with E-state index in [2.05, 4.69) is 4.98 Å². The van der Waals surface area contributed by atoms with E-state index in [1.807, 2.05) is 0 Å². The molecule has 0 fully saturated rings. The number of aromatic nitrogens is 1. The Morgan fingerprint density at radius 2 is 2.00 bits per heavy atom. The van der Waals surface area contributed by atoms with Crippen molar-refractivity contribution in [2.75, 3.05) is 0 Å². The quantitative estimate of drug-likeness (QED) is 0.814. The molecule has 2 N–H and O–H groups in total. The largest absolute Gasteiger partial charge is 0.228 e. The number of pyridine rings is 1. The highest BCUT2D eigenvalue weighted by Gasteiger charge is 2.13. The van der Waals surface area contributed by atoms with Gasteiger partial charge in [-0.05, 0) is 6.07 Å². The number of nitrogens with zero attached hydrogens (tertiary/aromatic N) is 1. The van der Waals surface area contributed by atoms with E-state index in [1.165, 1.54) is 0 Å². The maximum absolute atomic E-state index is 12.8. The number of sulfonamides is 1. The molecule has 0 saturated carbocycles. The topological polar surface area (TPSA) is 73.1 Å². The third-order valence-electron chi connectivity index (χ3n) is 1.32. The van der Waals surface area contributed by atoms with Gasteiger partial charge in [-0.15, -0.1) is 0 Å². The molecule has 0 radical (unpaired) electrons. The summed E-state index contributed by atoms with van der Waals surface area (Å²) in [6.07, 6.45) is 0. The van der Waals surface area contributed by atoms with Gasteiger partial charge in [0.05, 0.1) is 5.75 Å². The SMILES string of the molecule is NS(=O)(=O)Cc1cc(F)c(Cl)nc1Cl. The second-order valence-electron chi connectivity index (χ2n) is 2.52. The van der Waals surface area contributed by atoms with Crippen LogP contribution in [0.25, 0.3) is 0 Å². The molecule has 0 aromatic carbocycles. The normalized spacial score (nSPS) is 11.7. The molecule has 1 aromatic heterocycles. The van der Waals surface area contributed by atoms with Gasteiger partial charge in [-0.25, -0.2) is 22.9 Å². The van der Waals surface area contributed by atoms with E-state index in [9.17, 15) is 12.8 Å². The van der Waals surface area contributed by atoms with Gasteiger partial charge in [0, 0.05) is 5.56 Å². The molecule has 1 rings (SSSR count). The van der Waals surface area contributed by atoms with Gasteiger partial charge < -0.3 is 0 Å². The summed E-state index contributed by atoms with van der Waals surface area (Å²) in [6, 6.07) is 0.891. The van der Waals surface area contributed by atoms with Crippen molar-refractivity contribution < 1.29 is 12.8 Å². The Balaban J connectivity index is 3.17. The third-order valence-corrected chi connectivity index (χ3v) is 2.62. The zero-order valence-electron chi connectivity index (χ0n) is 6.67. The fraction of sp³-hybridized carbons (Fsp3) is 0.167. The molecule has 0 amide bonds. The molecule has 1 aromatic rings. The summed E-state index contributed by atoms with van der Waals surface area (Å²) in [6.45, 7) is 0. The van der Waals surface area contributed by atoms with Crippen molar-refractivity contribution in [3.8, 4) is 0 Å². The van der Waals surface area contributed by atoms with E-state index in [0.29, 0.717) is 0 Å². The van der Waals surface area contributed by atoms with E-state index < -0.39 is 26.7 Å². The van der Waals surface area contributed by atoms with Crippen LogP contribution in [0.1, 0.15) is 5.56 Å². The van der Waals surface area contributed by atoms with Crippen molar-refractivity contribution in [1.29, 1.82) is 0 Å². The molecular weight excluding hydrogens is 254 g/mol. The maximum Gasteiger partial charge on any atom is 0.213 e. The summed E-state index contributed by atoms with van der Waals surface area (Å²) in [5.74, 6) is -1.41. The van der Waals surface area contributed by atoms with Crippen molar-refractivity contribution in [1.82, 2.24) is 4.98 Å². The van der Waals surface area contributed by atoms with Crippen LogP contribution in [0.2, 0.25) is 10.3 Å². The summed E-state index contributed by atoms with van der Waals surface area (Å²) in [4.78, 5) is 3.39. The van der Waals surface area contributed by atoms with Crippen LogP contribution in [0.15, 0.2) is 6.07 Å². The first-order chi connectivity index (χ1) is 6.29. The molecule has 0 aliphatic carbocycles. The molecule has 78 valence electrons. The highest BCUT2D eigenvalue weighted by Crippen LogP contribution is 2.21. The molecule has 0 aliphatic rings. The lowest BCUT2D eigenvalue weighted by molar-refractivity contribution is 0.596. The fourth-order valence-corrected chi connectivity index (χ4v) is 1.92. The Hall–Kier alpha value is -0.430. The highest BCUT2D eigenvalue weighted by molar-refractivity contribution is 7.88. The van der Waals surface area contributed by atoms with Crippen LogP contribution >= 0.6 is 23.2 Å². The average Bonchev–Trinajstić information content (AvgIpc) is 1.97. The summed E-state index contributed by atoms with van der Waals surface area (Å²) in [5, 5.41) is 4.17. The number of hydrogen-bond donors (Lipinski definition) is 1. The monoisotopic (exact) mass is 258 g/mol. The van der Waals surface area contributed by atoms with Crippen LogP contribution < -0.4 is 5.14 Å². The van der Waals surface area contributed by atoms with Crippen LogP contribution in [0.4, 0.5) is 4.39 Å². The summed E-state index contributed by atoms with van der Waals surface area (Å²) in [5.41, 5.74) is -0.0175. The Bertz CT molecular complexity index is 463. The number of primary sulfonamides is 1. The van der Waals surface area contributed by atoms with Crippen molar-refractivity contribution in [3.63, 3.8) is 0 Å². The first-order valence-electron chi connectivity index (χ1n) is 3.30. The number of hydrogen-bond acceptors (Lipinski definition) is 3. The second-order valence-corrected chi connectivity index (χ2v) is 4.85. The molecule has 1 heterocycles. The van der Waals surface area contributed by atoms with Crippen molar-refractivity contribution in [2.24, 2.45) is 5.14 Å². The predicted molar refractivity (Wildman–Crippen MR) is 51.0 cm³/mol. The lowest BCUT2D eigenvalue weighted by Crippen LogP contribution is -2.15. The van der Waals surface area contributed by atoms with Gasteiger partial charge in [0.1, 0.15) is 5.15 Å². The minimum absolute atomic E-state index is 0.0175. The number of nitrogens with two attached hydrogens (primary N) is 1. The third kappa shape index (κ3) is 3.06. The van der Waals surface area contributed by atoms with E-state index in [-0.39, 0.29) is 10.7 Å². The molecule has 0 spiro atoms. The number of halogens is 3. The minimum Gasteiger partial charge on any atom is -0.228 e. The molecular formula is C6H5Cl2FN2O2S. The zero-order valence-corrected chi connectivity index (χ0v) is 9.00. The van der Waals surface area contributed by atoms with Crippen LogP contribution in [0.3, 0.4) is 0 Å². The van der Waals surface area contributed by atoms with Gasteiger partial charge in [-0.1, -0.05) is 23.2 Å². The highest BCUT2D eigenvalue weighted by atomic mass is 35.5. The molecule has 0 bridgehead atoms. The van der Waals surface area contributed by atoms with Crippen LogP contribution in [-0.4, -0.2) is 13.4 Å². The Morgan fingerprint density at radius 3 is 2.50 bits per heavy atom. The van der Waals surface area contributed by atoms with Crippen molar-refractivity contribution in [3.05, 3.63) is 27.8 Å². The standard InChI is InChI=1S/C6H5Cl2FN2O2S/c7-5-3(2-14(10,12)13)1-4(9)6(8)11-5/h1H,2H2,(H2,10,12,13). The first kappa shape index (κ1) is 11.6. The molecule has 0 aliphatic heterocycles. The van der Waals surface area contributed by atoms with E-state index in [0.717, 1.165) is 6.07 Å². The maximum atomic E-state index is 12.8. The van der Waals surface area contributed by atoms with Gasteiger partial charge in [0.2, 0.25) is 10.0 Å². The Labute approximate surface area is 89.9 Å².